The molecule has 0 radical (unpaired) electrons. The molecule has 88 valence electrons. The summed E-state index contributed by atoms with van der Waals surface area (Å²) >= 11 is 0. The van der Waals surface area contributed by atoms with Crippen LogP contribution < -0.4 is 16.2 Å². The zero-order chi connectivity index (χ0) is 12.1. The third kappa shape index (κ3) is 3.55. The highest BCUT2D eigenvalue weighted by Crippen LogP contribution is 2.24. The van der Waals surface area contributed by atoms with Gasteiger partial charge in [-0.2, -0.15) is 0 Å². The molecule has 0 bridgehead atoms. The van der Waals surface area contributed by atoms with E-state index in [0.29, 0.717) is 0 Å². The fourth-order valence-corrected chi connectivity index (χ4v) is 1.57. The first kappa shape index (κ1) is 12.5. The van der Waals surface area contributed by atoms with Gasteiger partial charge in [0.2, 0.25) is 0 Å². The van der Waals surface area contributed by atoms with Crippen molar-refractivity contribution in [1.82, 2.24) is 0 Å². The number of carbonyl (C=O) groups is 1. The lowest BCUT2D eigenvalue weighted by atomic mass is 10.0. The number of para-hydroxylation sites is 1. The van der Waals surface area contributed by atoms with Gasteiger partial charge in [0.05, 0.1) is 0 Å². The van der Waals surface area contributed by atoms with Crippen molar-refractivity contribution in [3.8, 4) is 5.75 Å². The molecule has 0 saturated heterocycles. The van der Waals surface area contributed by atoms with Crippen molar-refractivity contribution in [3.63, 3.8) is 0 Å². The second-order valence-electron chi connectivity index (χ2n) is 4.00. The standard InChI is InChI=1S/C12H18N2O2/c1-8-4-3-5-10(6-9(2)13)12(8)16-7-11(14)15/h3-5,9H,6-7,13H2,1-2H3,(H2,14,15). The minimum Gasteiger partial charge on any atom is -0.483 e. The van der Waals surface area contributed by atoms with Crippen LogP contribution in [0.25, 0.3) is 0 Å². The van der Waals surface area contributed by atoms with E-state index in [2.05, 4.69) is 0 Å². The van der Waals surface area contributed by atoms with E-state index in [1.807, 2.05) is 32.0 Å². The van der Waals surface area contributed by atoms with E-state index in [4.69, 9.17) is 16.2 Å². The Morgan fingerprint density at radius 1 is 1.50 bits per heavy atom. The molecule has 16 heavy (non-hydrogen) atoms. The molecule has 1 aromatic rings. The molecule has 0 saturated carbocycles. The van der Waals surface area contributed by atoms with Gasteiger partial charge in [0.15, 0.2) is 6.61 Å². The second kappa shape index (κ2) is 5.51. The van der Waals surface area contributed by atoms with Crippen LogP contribution in [0.4, 0.5) is 0 Å². The first-order valence-electron chi connectivity index (χ1n) is 5.26. The summed E-state index contributed by atoms with van der Waals surface area (Å²) in [6, 6.07) is 5.88. The number of rotatable bonds is 5. The molecule has 4 heteroatoms. The van der Waals surface area contributed by atoms with Crippen molar-refractivity contribution >= 4 is 5.91 Å². The monoisotopic (exact) mass is 222 g/mol. The molecule has 4 nitrogen and oxygen atoms in total. The molecular weight excluding hydrogens is 204 g/mol. The van der Waals surface area contributed by atoms with Gasteiger partial charge in [0.1, 0.15) is 5.75 Å². The maximum atomic E-state index is 10.7. The lowest BCUT2D eigenvalue weighted by Gasteiger charge is -2.14. The Morgan fingerprint density at radius 2 is 2.19 bits per heavy atom. The van der Waals surface area contributed by atoms with Crippen molar-refractivity contribution in [1.29, 1.82) is 0 Å². The van der Waals surface area contributed by atoms with Crippen molar-refractivity contribution < 1.29 is 9.53 Å². The average molecular weight is 222 g/mol. The lowest BCUT2D eigenvalue weighted by molar-refractivity contribution is -0.119. The van der Waals surface area contributed by atoms with E-state index in [9.17, 15) is 4.79 Å². The van der Waals surface area contributed by atoms with Crippen molar-refractivity contribution in [2.75, 3.05) is 6.61 Å². The van der Waals surface area contributed by atoms with E-state index >= 15 is 0 Å². The van der Waals surface area contributed by atoms with Gasteiger partial charge < -0.3 is 16.2 Å². The van der Waals surface area contributed by atoms with Gasteiger partial charge in [-0.1, -0.05) is 18.2 Å². The molecule has 1 unspecified atom stereocenters. The predicted molar refractivity (Wildman–Crippen MR) is 63.2 cm³/mol. The zero-order valence-electron chi connectivity index (χ0n) is 9.69. The van der Waals surface area contributed by atoms with Gasteiger partial charge >= 0.3 is 0 Å². The summed E-state index contributed by atoms with van der Waals surface area (Å²) in [5.74, 6) is 0.244. The third-order valence-electron chi connectivity index (χ3n) is 2.19. The number of benzene rings is 1. The summed E-state index contributed by atoms with van der Waals surface area (Å²) < 4.78 is 5.40. The Bertz CT molecular complexity index is 375. The first-order valence-corrected chi connectivity index (χ1v) is 5.26. The molecular formula is C12H18N2O2. The fourth-order valence-electron chi connectivity index (χ4n) is 1.57. The van der Waals surface area contributed by atoms with Gasteiger partial charge in [-0.25, -0.2) is 0 Å². The molecule has 1 amide bonds. The van der Waals surface area contributed by atoms with E-state index in [0.717, 1.165) is 23.3 Å². The van der Waals surface area contributed by atoms with Crippen LogP contribution in [0, 0.1) is 6.92 Å². The molecule has 0 fully saturated rings. The van der Waals surface area contributed by atoms with Gasteiger partial charge in [-0.3, -0.25) is 4.79 Å². The molecule has 0 heterocycles. The van der Waals surface area contributed by atoms with Gasteiger partial charge in [0, 0.05) is 6.04 Å². The molecule has 0 aliphatic rings. The number of primary amides is 1. The summed E-state index contributed by atoms with van der Waals surface area (Å²) in [5.41, 5.74) is 12.8. The summed E-state index contributed by atoms with van der Waals surface area (Å²) in [4.78, 5) is 10.7. The highest BCUT2D eigenvalue weighted by atomic mass is 16.5. The van der Waals surface area contributed by atoms with Crippen LogP contribution in [0.5, 0.6) is 5.75 Å². The van der Waals surface area contributed by atoms with Crippen LogP contribution in [0.1, 0.15) is 18.1 Å². The summed E-state index contributed by atoms with van der Waals surface area (Å²) in [7, 11) is 0. The highest BCUT2D eigenvalue weighted by molar-refractivity contribution is 5.75. The molecule has 1 rings (SSSR count). The topological polar surface area (TPSA) is 78.3 Å². The number of ether oxygens (including phenoxy) is 1. The van der Waals surface area contributed by atoms with E-state index in [-0.39, 0.29) is 12.6 Å². The van der Waals surface area contributed by atoms with Crippen molar-refractivity contribution in [3.05, 3.63) is 29.3 Å². The Hall–Kier alpha value is -1.55. The van der Waals surface area contributed by atoms with Gasteiger partial charge in [0.25, 0.3) is 5.91 Å². The van der Waals surface area contributed by atoms with Crippen LogP contribution in [-0.4, -0.2) is 18.6 Å². The zero-order valence-corrected chi connectivity index (χ0v) is 9.69. The number of amides is 1. The van der Waals surface area contributed by atoms with E-state index < -0.39 is 5.91 Å². The number of carbonyl (C=O) groups excluding carboxylic acids is 1. The molecule has 0 aliphatic heterocycles. The van der Waals surface area contributed by atoms with Crippen molar-refractivity contribution in [2.45, 2.75) is 26.3 Å². The van der Waals surface area contributed by atoms with Crippen LogP contribution in [0.3, 0.4) is 0 Å². The number of aryl methyl sites for hydroxylation is 1. The normalized spacial score (nSPS) is 12.2. The molecule has 1 aromatic carbocycles. The number of hydrogen-bond donors (Lipinski definition) is 2. The maximum absolute atomic E-state index is 10.7. The molecule has 4 N–H and O–H groups in total. The summed E-state index contributed by atoms with van der Waals surface area (Å²) in [6.07, 6.45) is 0.718. The minimum atomic E-state index is -0.477. The van der Waals surface area contributed by atoms with Crippen LogP contribution in [0.2, 0.25) is 0 Å². The SMILES string of the molecule is Cc1cccc(CC(C)N)c1OCC(N)=O. The van der Waals surface area contributed by atoms with Crippen LogP contribution in [-0.2, 0) is 11.2 Å². The maximum Gasteiger partial charge on any atom is 0.255 e. The number of hydrogen-bond acceptors (Lipinski definition) is 3. The summed E-state index contributed by atoms with van der Waals surface area (Å²) in [6.45, 7) is 3.76. The third-order valence-corrected chi connectivity index (χ3v) is 2.19. The predicted octanol–water partition coefficient (Wildman–Crippen LogP) is 0.749. The minimum absolute atomic E-state index is 0.0535. The molecule has 1 atom stereocenters. The van der Waals surface area contributed by atoms with Gasteiger partial charge in [-0.05, 0) is 31.4 Å². The Balaban J connectivity index is 2.89. The molecule has 0 aromatic heterocycles. The largest absolute Gasteiger partial charge is 0.483 e. The lowest BCUT2D eigenvalue weighted by Crippen LogP contribution is -2.22. The Morgan fingerprint density at radius 3 is 2.75 bits per heavy atom. The highest BCUT2D eigenvalue weighted by Gasteiger charge is 2.09. The molecule has 0 spiro atoms. The quantitative estimate of drug-likeness (QED) is 0.771. The average Bonchev–Trinajstić information content (AvgIpc) is 2.15. The van der Waals surface area contributed by atoms with Crippen LogP contribution in [0.15, 0.2) is 18.2 Å². The number of nitrogens with two attached hydrogens (primary N) is 2. The van der Waals surface area contributed by atoms with Crippen LogP contribution >= 0.6 is 0 Å². The van der Waals surface area contributed by atoms with E-state index in [1.165, 1.54) is 0 Å². The summed E-state index contributed by atoms with van der Waals surface area (Å²) in [5, 5.41) is 0. The second-order valence-corrected chi connectivity index (χ2v) is 4.00. The van der Waals surface area contributed by atoms with E-state index in [1.54, 1.807) is 0 Å². The van der Waals surface area contributed by atoms with Gasteiger partial charge in [-0.15, -0.1) is 0 Å². The first-order chi connectivity index (χ1) is 7.50. The van der Waals surface area contributed by atoms with Crippen molar-refractivity contribution in [2.24, 2.45) is 11.5 Å². The Kier molecular flexibility index (Phi) is 4.31. The fraction of sp³-hybridized carbons (Fsp3) is 0.417. The Labute approximate surface area is 95.6 Å². The smallest absolute Gasteiger partial charge is 0.255 e. The molecule has 0 aliphatic carbocycles.